The Labute approximate surface area is 151 Å². The van der Waals surface area contributed by atoms with E-state index in [-0.39, 0.29) is 5.92 Å². The van der Waals surface area contributed by atoms with E-state index in [4.69, 9.17) is 4.74 Å². The number of aromatic amines is 1. The number of aromatic nitrogens is 4. The van der Waals surface area contributed by atoms with Crippen LogP contribution in [-0.4, -0.2) is 39.5 Å². The van der Waals surface area contributed by atoms with Crippen molar-refractivity contribution in [1.29, 1.82) is 0 Å². The fraction of sp³-hybridized carbons (Fsp3) is 0.500. The molecule has 0 spiro atoms. The van der Waals surface area contributed by atoms with Crippen LogP contribution in [0.3, 0.4) is 0 Å². The van der Waals surface area contributed by atoms with Gasteiger partial charge in [-0.25, -0.2) is 9.97 Å². The minimum Gasteiger partial charge on any atom is -0.468 e. The predicted molar refractivity (Wildman–Crippen MR) is 95.1 cm³/mol. The molecule has 26 heavy (non-hydrogen) atoms. The minimum absolute atomic E-state index is 0.177. The number of nitrogens with one attached hydrogen (secondary N) is 2. The van der Waals surface area contributed by atoms with E-state index in [1.165, 1.54) is 7.11 Å². The Morgan fingerprint density at radius 2 is 2.04 bits per heavy atom. The number of esters is 1. The van der Waals surface area contributed by atoms with Gasteiger partial charge in [0.05, 0.1) is 7.11 Å². The molecule has 8 heteroatoms. The largest absolute Gasteiger partial charge is 0.468 e. The molecular formula is C18H23N5O3. The Balaban J connectivity index is 1.76. The summed E-state index contributed by atoms with van der Waals surface area (Å²) in [5, 5.41) is 10.1. The first-order valence-electron chi connectivity index (χ1n) is 8.65. The molecule has 0 bridgehead atoms. The van der Waals surface area contributed by atoms with Crippen molar-refractivity contribution in [2.75, 3.05) is 12.4 Å². The van der Waals surface area contributed by atoms with Crippen LogP contribution < -0.4 is 5.32 Å². The first-order valence-corrected chi connectivity index (χ1v) is 8.65. The third-order valence-corrected chi connectivity index (χ3v) is 4.93. The SMILES string of the molecule is COC(=O)C1(C=O)CCC(c2cc(C)nc(Nc3cc(C)[nH]n3)n2)CC1. The number of anilines is 2. The fourth-order valence-corrected chi connectivity index (χ4v) is 3.46. The molecule has 1 fully saturated rings. The molecular weight excluding hydrogens is 334 g/mol. The van der Waals surface area contributed by atoms with E-state index in [0.29, 0.717) is 37.4 Å². The molecule has 0 atom stereocenters. The van der Waals surface area contributed by atoms with E-state index < -0.39 is 11.4 Å². The third-order valence-electron chi connectivity index (χ3n) is 4.93. The predicted octanol–water partition coefficient (Wildman–Crippen LogP) is 2.58. The van der Waals surface area contributed by atoms with Crippen LogP contribution in [0.15, 0.2) is 12.1 Å². The first kappa shape index (κ1) is 18.0. The molecule has 2 aromatic heterocycles. The van der Waals surface area contributed by atoms with Gasteiger partial charge in [0, 0.05) is 29.1 Å². The standard InChI is InChI=1S/C18H23N5O3/c1-11-8-14(20-17(19-11)21-15-9-12(2)22-23-15)13-4-6-18(10-24,7-5-13)16(25)26-3/h8-10,13H,4-7H2,1-3H3,(H2,19,20,21,22,23). The molecule has 0 radical (unpaired) electrons. The monoisotopic (exact) mass is 357 g/mol. The second kappa shape index (κ2) is 7.23. The zero-order valence-electron chi connectivity index (χ0n) is 15.2. The summed E-state index contributed by atoms with van der Waals surface area (Å²) < 4.78 is 4.82. The molecule has 0 aromatic carbocycles. The Hall–Kier alpha value is -2.77. The lowest BCUT2D eigenvalue weighted by Gasteiger charge is -2.33. The molecule has 1 aliphatic rings. The summed E-state index contributed by atoms with van der Waals surface area (Å²) in [5.74, 6) is 0.886. The van der Waals surface area contributed by atoms with E-state index in [0.717, 1.165) is 23.4 Å². The van der Waals surface area contributed by atoms with Gasteiger partial charge in [-0.3, -0.25) is 9.89 Å². The highest BCUT2D eigenvalue weighted by Crippen LogP contribution is 2.42. The average molecular weight is 357 g/mol. The summed E-state index contributed by atoms with van der Waals surface area (Å²) >= 11 is 0. The van der Waals surface area contributed by atoms with Crippen LogP contribution in [0.2, 0.25) is 0 Å². The second-order valence-corrected chi connectivity index (χ2v) is 6.86. The summed E-state index contributed by atoms with van der Waals surface area (Å²) in [5.41, 5.74) is 1.70. The Bertz CT molecular complexity index is 809. The van der Waals surface area contributed by atoms with Crippen LogP contribution in [0.1, 0.15) is 48.7 Å². The Morgan fingerprint density at radius 3 is 2.62 bits per heavy atom. The highest BCUT2D eigenvalue weighted by Gasteiger charge is 2.43. The molecule has 0 amide bonds. The van der Waals surface area contributed by atoms with Crippen LogP contribution in [0, 0.1) is 19.3 Å². The van der Waals surface area contributed by atoms with Crippen molar-refractivity contribution >= 4 is 24.0 Å². The third kappa shape index (κ3) is 3.58. The summed E-state index contributed by atoms with van der Waals surface area (Å²) in [6, 6.07) is 3.83. The second-order valence-electron chi connectivity index (χ2n) is 6.86. The number of aldehydes is 1. The van der Waals surface area contributed by atoms with Crippen molar-refractivity contribution in [2.24, 2.45) is 5.41 Å². The van der Waals surface area contributed by atoms with Crippen LogP contribution in [0.4, 0.5) is 11.8 Å². The zero-order valence-corrected chi connectivity index (χ0v) is 15.2. The molecule has 138 valence electrons. The fourth-order valence-electron chi connectivity index (χ4n) is 3.46. The lowest BCUT2D eigenvalue weighted by atomic mass is 9.70. The summed E-state index contributed by atoms with van der Waals surface area (Å²) in [6.45, 7) is 3.84. The smallest absolute Gasteiger partial charge is 0.319 e. The van der Waals surface area contributed by atoms with Crippen molar-refractivity contribution in [2.45, 2.75) is 45.4 Å². The minimum atomic E-state index is -1.01. The highest BCUT2D eigenvalue weighted by molar-refractivity contribution is 5.93. The number of carbonyl (C=O) groups excluding carboxylic acids is 2. The number of nitrogens with zero attached hydrogens (tertiary/aromatic N) is 3. The van der Waals surface area contributed by atoms with Crippen molar-refractivity contribution < 1.29 is 14.3 Å². The number of hydrogen-bond donors (Lipinski definition) is 2. The van der Waals surface area contributed by atoms with E-state index in [1.807, 2.05) is 26.0 Å². The van der Waals surface area contributed by atoms with Gasteiger partial charge in [-0.15, -0.1) is 0 Å². The van der Waals surface area contributed by atoms with Gasteiger partial charge in [0.15, 0.2) is 5.82 Å². The number of carbonyl (C=O) groups is 2. The van der Waals surface area contributed by atoms with Gasteiger partial charge < -0.3 is 14.8 Å². The van der Waals surface area contributed by atoms with Crippen LogP contribution in [0.5, 0.6) is 0 Å². The summed E-state index contributed by atoms with van der Waals surface area (Å²) in [6.07, 6.45) is 3.08. The molecule has 0 aliphatic heterocycles. The number of H-pyrrole nitrogens is 1. The molecule has 2 heterocycles. The molecule has 2 aromatic rings. The maximum atomic E-state index is 12.0. The summed E-state index contributed by atoms with van der Waals surface area (Å²) in [7, 11) is 1.32. The molecule has 1 saturated carbocycles. The van der Waals surface area contributed by atoms with Crippen LogP contribution in [-0.2, 0) is 14.3 Å². The lowest BCUT2D eigenvalue weighted by Crippen LogP contribution is -2.37. The van der Waals surface area contributed by atoms with Crippen molar-refractivity contribution in [3.8, 4) is 0 Å². The maximum absolute atomic E-state index is 12.0. The molecule has 3 rings (SSSR count). The van der Waals surface area contributed by atoms with Gasteiger partial charge in [-0.2, -0.15) is 5.10 Å². The van der Waals surface area contributed by atoms with Gasteiger partial charge in [0.2, 0.25) is 5.95 Å². The van der Waals surface area contributed by atoms with E-state index in [9.17, 15) is 9.59 Å². The quantitative estimate of drug-likeness (QED) is 0.481. The van der Waals surface area contributed by atoms with Crippen molar-refractivity contribution in [3.05, 3.63) is 29.2 Å². The molecule has 0 saturated heterocycles. The number of methoxy groups -OCH3 is 1. The van der Waals surface area contributed by atoms with Crippen LogP contribution >= 0.6 is 0 Å². The number of rotatable bonds is 5. The lowest BCUT2D eigenvalue weighted by molar-refractivity contribution is -0.156. The van der Waals surface area contributed by atoms with E-state index >= 15 is 0 Å². The number of aryl methyl sites for hydroxylation is 2. The maximum Gasteiger partial charge on any atom is 0.319 e. The molecule has 8 nitrogen and oxygen atoms in total. The number of ether oxygens (including phenoxy) is 1. The Morgan fingerprint density at radius 1 is 1.31 bits per heavy atom. The van der Waals surface area contributed by atoms with Gasteiger partial charge >= 0.3 is 5.97 Å². The van der Waals surface area contributed by atoms with E-state index in [1.54, 1.807) is 0 Å². The molecule has 1 aliphatic carbocycles. The summed E-state index contributed by atoms with van der Waals surface area (Å²) in [4.78, 5) is 32.5. The van der Waals surface area contributed by atoms with E-state index in [2.05, 4.69) is 25.5 Å². The van der Waals surface area contributed by atoms with Gasteiger partial charge in [0.25, 0.3) is 0 Å². The Kier molecular flexibility index (Phi) is 5.01. The van der Waals surface area contributed by atoms with Gasteiger partial charge in [-0.1, -0.05) is 0 Å². The highest BCUT2D eigenvalue weighted by atomic mass is 16.5. The number of hydrogen-bond acceptors (Lipinski definition) is 7. The van der Waals surface area contributed by atoms with Gasteiger partial charge in [0.1, 0.15) is 11.7 Å². The topological polar surface area (TPSA) is 110 Å². The zero-order chi connectivity index (χ0) is 18.7. The van der Waals surface area contributed by atoms with Crippen molar-refractivity contribution in [3.63, 3.8) is 0 Å². The normalized spacial score (nSPS) is 22.7. The molecule has 0 unspecified atom stereocenters. The van der Waals surface area contributed by atoms with Crippen LogP contribution in [0.25, 0.3) is 0 Å². The van der Waals surface area contributed by atoms with Crippen molar-refractivity contribution in [1.82, 2.24) is 20.2 Å². The van der Waals surface area contributed by atoms with Gasteiger partial charge in [-0.05, 0) is 45.6 Å². The average Bonchev–Trinajstić information content (AvgIpc) is 3.05. The molecule has 2 N–H and O–H groups in total. The first-order chi connectivity index (χ1) is 12.5.